The third-order valence-corrected chi connectivity index (χ3v) is 8.15. The molecule has 0 N–H and O–H groups in total. The monoisotopic (exact) mass is 508 g/mol. The molecular weight excluding hydrogens is 440 g/mol. The van der Waals surface area contributed by atoms with E-state index in [0.717, 1.165) is 25.7 Å². The maximum Gasteiger partial charge on any atom is 0.0445 e. The van der Waals surface area contributed by atoms with Gasteiger partial charge in [0.05, 0.1) is 0 Å². The van der Waals surface area contributed by atoms with Gasteiger partial charge < -0.3 is 9.90 Å². The summed E-state index contributed by atoms with van der Waals surface area (Å²) in [4.78, 5) is 11.5. The Morgan fingerprint density at radius 1 is 0.389 bits per heavy atom. The van der Waals surface area contributed by atoms with Gasteiger partial charge in [-0.15, -0.1) is 0 Å². The van der Waals surface area contributed by atoms with Gasteiger partial charge in [0.1, 0.15) is 0 Å². The number of aliphatic carboxylic acids is 1. The second-order valence-corrected chi connectivity index (χ2v) is 11.8. The predicted octanol–water partition coefficient (Wildman–Crippen LogP) is 11.1. The number of carbonyl (C=O) groups excluding carboxylic acids is 1. The van der Waals surface area contributed by atoms with E-state index in [2.05, 4.69) is 13.8 Å². The molecule has 0 saturated heterocycles. The Morgan fingerprint density at radius 3 is 0.778 bits per heavy atom. The van der Waals surface area contributed by atoms with E-state index in [1.165, 1.54) is 167 Å². The first kappa shape index (κ1) is 35.5. The molecule has 36 heavy (non-hydrogen) atoms. The molecule has 0 aromatic rings. The zero-order valence-corrected chi connectivity index (χ0v) is 25.1. The van der Waals surface area contributed by atoms with Crippen molar-refractivity contribution in [3.8, 4) is 0 Å². The first-order chi connectivity index (χ1) is 17.7. The lowest BCUT2D eigenvalue weighted by molar-refractivity contribution is -0.312. The van der Waals surface area contributed by atoms with Crippen LogP contribution in [0.3, 0.4) is 0 Å². The fourth-order valence-electron chi connectivity index (χ4n) is 5.55. The SMILES string of the molecule is CCCCCCCCCCCCCCCCC(CCCCCCCCCCCCCCCC)C(=O)[O-]. The highest BCUT2D eigenvalue weighted by Gasteiger charge is 2.09. The zero-order valence-electron chi connectivity index (χ0n) is 25.1. The summed E-state index contributed by atoms with van der Waals surface area (Å²) in [5, 5.41) is 11.5. The third kappa shape index (κ3) is 28.0. The van der Waals surface area contributed by atoms with E-state index in [1.54, 1.807) is 0 Å². The first-order valence-corrected chi connectivity index (χ1v) is 16.9. The van der Waals surface area contributed by atoms with Crippen molar-refractivity contribution in [1.82, 2.24) is 0 Å². The van der Waals surface area contributed by atoms with Gasteiger partial charge in [-0.1, -0.05) is 194 Å². The Labute approximate surface area is 228 Å². The lowest BCUT2D eigenvalue weighted by Crippen LogP contribution is -2.31. The molecule has 0 atom stereocenters. The Morgan fingerprint density at radius 2 is 0.583 bits per heavy atom. The van der Waals surface area contributed by atoms with Gasteiger partial charge in [0.2, 0.25) is 0 Å². The van der Waals surface area contributed by atoms with Crippen LogP contribution in [-0.4, -0.2) is 5.97 Å². The minimum Gasteiger partial charge on any atom is -0.550 e. The summed E-state index contributed by atoms with van der Waals surface area (Å²) < 4.78 is 0. The van der Waals surface area contributed by atoms with Crippen molar-refractivity contribution in [2.45, 2.75) is 206 Å². The number of carboxylic acid groups (broad SMARTS) is 1. The van der Waals surface area contributed by atoms with Gasteiger partial charge in [-0.2, -0.15) is 0 Å². The van der Waals surface area contributed by atoms with Crippen LogP contribution in [-0.2, 0) is 4.79 Å². The number of carbonyl (C=O) groups is 1. The van der Waals surface area contributed by atoms with Crippen LogP contribution in [0.2, 0.25) is 0 Å². The number of hydrogen-bond acceptors (Lipinski definition) is 2. The molecule has 0 saturated carbocycles. The Kier molecular flexibility index (Phi) is 30.2. The maximum absolute atomic E-state index is 11.5. The smallest absolute Gasteiger partial charge is 0.0445 e. The van der Waals surface area contributed by atoms with Crippen LogP contribution in [0.25, 0.3) is 0 Å². The van der Waals surface area contributed by atoms with Crippen molar-refractivity contribution in [1.29, 1.82) is 0 Å². The van der Waals surface area contributed by atoms with Crippen molar-refractivity contribution >= 4 is 5.97 Å². The van der Waals surface area contributed by atoms with E-state index in [9.17, 15) is 9.90 Å². The van der Waals surface area contributed by atoms with Gasteiger partial charge >= 0.3 is 0 Å². The van der Waals surface area contributed by atoms with Crippen LogP contribution < -0.4 is 5.11 Å². The molecule has 0 heterocycles. The lowest BCUT2D eigenvalue weighted by Gasteiger charge is -2.17. The highest BCUT2D eigenvalue weighted by molar-refractivity contribution is 5.67. The molecule has 0 aliphatic carbocycles. The zero-order chi connectivity index (χ0) is 26.4. The molecule has 0 aromatic heterocycles. The molecule has 0 rings (SSSR count). The minimum absolute atomic E-state index is 0.209. The van der Waals surface area contributed by atoms with Gasteiger partial charge in [0.25, 0.3) is 0 Å². The fourth-order valence-corrected chi connectivity index (χ4v) is 5.55. The van der Waals surface area contributed by atoms with E-state index in [1.807, 2.05) is 0 Å². The quantitative estimate of drug-likeness (QED) is 0.0875. The average Bonchev–Trinajstić information content (AvgIpc) is 2.87. The number of unbranched alkanes of at least 4 members (excludes halogenated alkanes) is 26. The lowest BCUT2D eigenvalue weighted by atomic mass is 9.94. The summed E-state index contributed by atoms with van der Waals surface area (Å²) in [6, 6.07) is 0. The van der Waals surface area contributed by atoms with Gasteiger partial charge in [-0.05, 0) is 18.8 Å². The van der Waals surface area contributed by atoms with Crippen LogP contribution >= 0.6 is 0 Å². The second-order valence-electron chi connectivity index (χ2n) is 11.8. The van der Waals surface area contributed by atoms with Crippen molar-refractivity contribution in [3.63, 3.8) is 0 Å². The molecule has 216 valence electrons. The molecule has 0 fully saturated rings. The largest absolute Gasteiger partial charge is 0.550 e. The van der Waals surface area contributed by atoms with Gasteiger partial charge in [-0.3, -0.25) is 0 Å². The summed E-state index contributed by atoms with van der Waals surface area (Å²) >= 11 is 0. The summed E-state index contributed by atoms with van der Waals surface area (Å²) in [6.45, 7) is 4.56. The highest BCUT2D eigenvalue weighted by Crippen LogP contribution is 2.20. The molecule has 0 aliphatic rings. The minimum atomic E-state index is -0.806. The number of rotatable bonds is 31. The third-order valence-electron chi connectivity index (χ3n) is 8.15. The van der Waals surface area contributed by atoms with Gasteiger partial charge in [0.15, 0.2) is 0 Å². The van der Waals surface area contributed by atoms with Crippen molar-refractivity contribution in [2.75, 3.05) is 0 Å². The molecule has 0 aliphatic heterocycles. The number of carboxylic acids is 1. The van der Waals surface area contributed by atoms with E-state index in [0.29, 0.717) is 0 Å². The Balaban J connectivity index is 3.39. The predicted molar refractivity (Wildman–Crippen MR) is 158 cm³/mol. The topological polar surface area (TPSA) is 40.1 Å². The standard InChI is InChI=1S/C34H68O2/c1-3-5-7-9-11-13-15-17-19-21-23-25-27-29-31-33(34(35)36)32-30-28-26-24-22-20-18-16-14-12-10-8-6-4-2/h33H,3-32H2,1-2H3,(H,35,36)/p-1. The summed E-state index contributed by atoms with van der Waals surface area (Å²) in [5.74, 6) is -1.01. The molecule has 0 amide bonds. The molecular formula is C34H67O2-. The first-order valence-electron chi connectivity index (χ1n) is 16.9. The van der Waals surface area contributed by atoms with Crippen LogP contribution in [0.5, 0.6) is 0 Å². The van der Waals surface area contributed by atoms with Crippen LogP contribution in [0.4, 0.5) is 0 Å². The molecule has 0 radical (unpaired) electrons. The van der Waals surface area contributed by atoms with E-state index >= 15 is 0 Å². The van der Waals surface area contributed by atoms with Crippen LogP contribution in [0.15, 0.2) is 0 Å². The van der Waals surface area contributed by atoms with Crippen molar-refractivity contribution < 1.29 is 9.90 Å². The van der Waals surface area contributed by atoms with Gasteiger partial charge in [0, 0.05) is 5.97 Å². The fraction of sp³-hybridized carbons (Fsp3) is 0.971. The van der Waals surface area contributed by atoms with Crippen molar-refractivity contribution in [3.05, 3.63) is 0 Å². The maximum atomic E-state index is 11.5. The van der Waals surface area contributed by atoms with E-state index in [4.69, 9.17) is 0 Å². The molecule has 0 spiro atoms. The van der Waals surface area contributed by atoms with Crippen LogP contribution in [0.1, 0.15) is 206 Å². The molecule has 0 unspecified atom stereocenters. The highest BCUT2D eigenvalue weighted by atomic mass is 16.4. The summed E-state index contributed by atoms with van der Waals surface area (Å²) in [6.07, 6.45) is 39.4. The molecule has 0 aromatic carbocycles. The summed E-state index contributed by atoms with van der Waals surface area (Å²) in [7, 11) is 0. The second kappa shape index (κ2) is 30.7. The Bertz CT molecular complexity index is 387. The molecule has 2 nitrogen and oxygen atoms in total. The summed E-state index contributed by atoms with van der Waals surface area (Å²) in [5.41, 5.74) is 0. The van der Waals surface area contributed by atoms with Crippen molar-refractivity contribution in [2.24, 2.45) is 5.92 Å². The average molecular weight is 508 g/mol. The van der Waals surface area contributed by atoms with E-state index in [-0.39, 0.29) is 5.92 Å². The molecule has 0 bridgehead atoms. The van der Waals surface area contributed by atoms with Gasteiger partial charge in [-0.25, -0.2) is 0 Å². The van der Waals surface area contributed by atoms with E-state index < -0.39 is 5.97 Å². The molecule has 2 heteroatoms. The Hall–Kier alpha value is -0.530. The van der Waals surface area contributed by atoms with Crippen LogP contribution in [0, 0.1) is 5.92 Å². The number of hydrogen-bond donors (Lipinski definition) is 0. The normalized spacial score (nSPS) is 11.5.